The highest BCUT2D eigenvalue weighted by atomic mass is 32.2. The lowest BCUT2D eigenvalue weighted by Crippen LogP contribution is -2.24. The van der Waals surface area contributed by atoms with Gasteiger partial charge in [-0.1, -0.05) is 48.9 Å². The van der Waals surface area contributed by atoms with Gasteiger partial charge in [-0.2, -0.15) is 0 Å². The van der Waals surface area contributed by atoms with Crippen molar-refractivity contribution in [1.29, 1.82) is 0 Å². The SMILES string of the molecule is CCC(Sc1cccc(NC(=O)c2ccc(C)cc2)c1)C(=O)Nc1ccccc1C. The Morgan fingerprint density at radius 1 is 0.900 bits per heavy atom. The van der Waals surface area contributed by atoms with Crippen LogP contribution in [-0.2, 0) is 4.79 Å². The third-order valence-corrected chi connectivity index (χ3v) is 6.11. The number of anilines is 2. The van der Waals surface area contributed by atoms with Gasteiger partial charge in [0.15, 0.2) is 0 Å². The lowest BCUT2D eigenvalue weighted by molar-refractivity contribution is -0.115. The minimum Gasteiger partial charge on any atom is -0.325 e. The molecule has 154 valence electrons. The normalized spacial score (nSPS) is 11.6. The molecule has 0 aliphatic carbocycles. The van der Waals surface area contributed by atoms with Crippen molar-refractivity contribution < 1.29 is 9.59 Å². The van der Waals surface area contributed by atoms with Gasteiger partial charge < -0.3 is 10.6 Å². The molecular formula is C25H26N2O2S. The lowest BCUT2D eigenvalue weighted by Gasteiger charge is -2.16. The van der Waals surface area contributed by atoms with Gasteiger partial charge in [-0.3, -0.25) is 9.59 Å². The van der Waals surface area contributed by atoms with E-state index in [1.807, 2.05) is 93.6 Å². The topological polar surface area (TPSA) is 58.2 Å². The summed E-state index contributed by atoms with van der Waals surface area (Å²) in [6, 6.07) is 22.8. The number of hydrogen-bond donors (Lipinski definition) is 2. The summed E-state index contributed by atoms with van der Waals surface area (Å²) in [6.45, 7) is 5.96. The van der Waals surface area contributed by atoms with Crippen LogP contribution in [0.5, 0.6) is 0 Å². The first-order chi connectivity index (χ1) is 14.5. The average molecular weight is 419 g/mol. The van der Waals surface area contributed by atoms with E-state index in [-0.39, 0.29) is 17.1 Å². The van der Waals surface area contributed by atoms with E-state index in [2.05, 4.69) is 10.6 Å². The summed E-state index contributed by atoms with van der Waals surface area (Å²) in [5.74, 6) is -0.174. The van der Waals surface area contributed by atoms with Crippen LogP contribution >= 0.6 is 11.8 Å². The summed E-state index contributed by atoms with van der Waals surface area (Å²) < 4.78 is 0. The number of benzene rings is 3. The van der Waals surface area contributed by atoms with Crippen molar-refractivity contribution in [3.8, 4) is 0 Å². The van der Waals surface area contributed by atoms with Crippen molar-refractivity contribution in [3.05, 3.63) is 89.5 Å². The van der Waals surface area contributed by atoms with E-state index in [1.54, 1.807) is 0 Å². The van der Waals surface area contributed by atoms with Crippen LogP contribution in [0.3, 0.4) is 0 Å². The standard InChI is InChI=1S/C25H26N2O2S/c1-4-23(25(29)27-22-11-6-5-8-18(22)3)30-21-10-7-9-20(16-21)26-24(28)19-14-12-17(2)13-15-19/h5-16,23H,4H2,1-3H3,(H,26,28)(H,27,29). The molecule has 0 spiro atoms. The first-order valence-electron chi connectivity index (χ1n) is 9.97. The minimum atomic E-state index is -0.229. The maximum Gasteiger partial charge on any atom is 0.255 e. The first kappa shape index (κ1) is 21.7. The molecule has 0 saturated heterocycles. The van der Waals surface area contributed by atoms with E-state index < -0.39 is 0 Å². The molecule has 0 aliphatic heterocycles. The van der Waals surface area contributed by atoms with Gasteiger partial charge in [0.2, 0.25) is 5.91 Å². The number of thioether (sulfide) groups is 1. The quantitative estimate of drug-likeness (QED) is 0.458. The molecule has 5 heteroatoms. The van der Waals surface area contributed by atoms with Crippen LogP contribution < -0.4 is 10.6 Å². The second-order valence-electron chi connectivity index (χ2n) is 7.17. The second kappa shape index (κ2) is 10.1. The van der Waals surface area contributed by atoms with E-state index in [9.17, 15) is 9.59 Å². The molecule has 0 bridgehead atoms. The zero-order chi connectivity index (χ0) is 21.5. The van der Waals surface area contributed by atoms with Crippen LogP contribution in [0.25, 0.3) is 0 Å². The van der Waals surface area contributed by atoms with Gasteiger partial charge in [0.05, 0.1) is 5.25 Å². The molecule has 0 saturated carbocycles. The van der Waals surface area contributed by atoms with Crippen molar-refractivity contribution in [2.24, 2.45) is 0 Å². The highest BCUT2D eigenvalue weighted by Gasteiger charge is 2.19. The Kier molecular flexibility index (Phi) is 7.31. The number of amides is 2. The summed E-state index contributed by atoms with van der Waals surface area (Å²) >= 11 is 1.50. The number of carbonyl (C=O) groups is 2. The zero-order valence-corrected chi connectivity index (χ0v) is 18.3. The summed E-state index contributed by atoms with van der Waals surface area (Å²) in [5.41, 5.74) is 4.30. The molecule has 0 aromatic heterocycles. The molecule has 30 heavy (non-hydrogen) atoms. The highest BCUT2D eigenvalue weighted by Crippen LogP contribution is 2.29. The summed E-state index contributed by atoms with van der Waals surface area (Å²) in [4.78, 5) is 26.2. The Hall–Kier alpha value is -3.05. The Morgan fingerprint density at radius 3 is 2.33 bits per heavy atom. The van der Waals surface area contributed by atoms with E-state index in [0.717, 1.165) is 21.7 Å². The fourth-order valence-corrected chi connectivity index (χ4v) is 3.98. The van der Waals surface area contributed by atoms with Crippen molar-refractivity contribution in [2.75, 3.05) is 10.6 Å². The van der Waals surface area contributed by atoms with Gasteiger partial charge in [0, 0.05) is 21.8 Å². The van der Waals surface area contributed by atoms with Gasteiger partial charge in [0.1, 0.15) is 0 Å². The Labute approximate surface area is 182 Å². The van der Waals surface area contributed by atoms with Crippen LogP contribution in [0.15, 0.2) is 77.7 Å². The Morgan fingerprint density at radius 2 is 1.63 bits per heavy atom. The van der Waals surface area contributed by atoms with Gasteiger partial charge in [-0.15, -0.1) is 11.8 Å². The molecule has 0 aliphatic rings. The van der Waals surface area contributed by atoms with E-state index in [1.165, 1.54) is 11.8 Å². The second-order valence-corrected chi connectivity index (χ2v) is 8.44. The smallest absolute Gasteiger partial charge is 0.255 e. The molecule has 0 heterocycles. The van der Waals surface area contributed by atoms with Crippen LogP contribution in [0.4, 0.5) is 11.4 Å². The zero-order valence-electron chi connectivity index (χ0n) is 17.4. The molecule has 3 rings (SSSR count). The van der Waals surface area contributed by atoms with Crippen LogP contribution in [0.2, 0.25) is 0 Å². The number of hydrogen-bond acceptors (Lipinski definition) is 3. The van der Waals surface area contributed by atoms with Crippen LogP contribution in [0, 0.1) is 13.8 Å². The Bertz CT molecular complexity index is 1030. The molecule has 0 radical (unpaired) electrons. The average Bonchev–Trinajstić information content (AvgIpc) is 2.74. The molecule has 2 amide bonds. The third-order valence-electron chi connectivity index (χ3n) is 4.75. The van der Waals surface area contributed by atoms with Crippen LogP contribution in [-0.4, -0.2) is 17.1 Å². The molecule has 4 nitrogen and oxygen atoms in total. The van der Waals surface area contributed by atoms with Crippen molar-refractivity contribution in [3.63, 3.8) is 0 Å². The minimum absolute atomic E-state index is 0.0223. The number of aryl methyl sites for hydroxylation is 2. The van der Waals surface area contributed by atoms with Gasteiger partial charge in [-0.25, -0.2) is 0 Å². The van der Waals surface area contributed by atoms with Crippen molar-refractivity contribution >= 4 is 35.0 Å². The predicted octanol–water partition coefficient (Wildman–Crippen LogP) is 6.07. The van der Waals surface area contributed by atoms with E-state index in [0.29, 0.717) is 17.7 Å². The predicted molar refractivity (Wildman–Crippen MR) is 125 cm³/mol. The molecule has 1 atom stereocenters. The van der Waals surface area contributed by atoms with E-state index in [4.69, 9.17) is 0 Å². The Balaban J connectivity index is 1.67. The summed E-state index contributed by atoms with van der Waals surface area (Å²) in [5, 5.41) is 5.73. The number of rotatable bonds is 7. The molecule has 1 unspecified atom stereocenters. The molecule has 2 N–H and O–H groups in total. The number of carbonyl (C=O) groups excluding carboxylic acids is 2. The maximum absolute atomic E-state index is 12.8. The molecule has 3 aromatic rings. The molecule has 0 fully saturated rings. The fourth-order valence-electron chi connectivity index (χ4n) is 2.97. The van der Waals surface area contributed by atoms with Gasteiger partial charge in [-0.05, 0) is 62.2 Å². The van der Waals surface area contributed by atoms with E-state index >= 15 is 0 Å². The van der Waals surface area contributed by atoms with Crippen molar-refractivity contribution in [1.82, 2.24) is 0 Å². The molecular weight excluding hydrogens is 392 g/mol. The maximum atomic E-state index is 12.8. The monoisotopic (exact) mass is 418 g/mol. The third kappa shape index (κ3) is 5.74. The van der Waals surface area contributed by atoms with Gasteiger partial charge >= 0.3 is 0 Å². The molecule has 3 aromatic carbocycles. The lowest BCUT2D eigenvalue weighted by atomic mass is 10.1. The summed E-state index contributed by atoms with van der Waals surface area (Å²) in [7, 11) is 0. The first-order valence-corrected chi connectivity index (χ1v) is 10.9. The van der Waals surface area contributed by atoms with Crippen LogP contribution in [0.1, 0.15) is 34.8 Å². The fraction of sp³-hybridized carbons (Fsp3) is 0.200. The number of nitrogens with one attached hydrogen (secondary N) is 2. The number of para-hydroxylation sites is 1. The van der Waals surface area contributed by atoms with Crippen molar-refractivity contribution in [2.45, 2.75) is 37.3 Å². The highest BCUT2D eigenvalue weighted by molar-refractivity contribution is 8.00. The largest absolute Gasteiger partial charge is 0.325 e. The van der Waals surface area contributed by atoms with Gasteiger partial charge in [0.25, 0.3) is 5.91 Å². The summed E-state index contributed by atoms with van der Waals surface area (Å²) in [6.07, 6.45) is 0.697.